The van der Waals surface area contributed by atoms with E-state index in [4.69, 9.17) is 4.74 Å². The van der Waals surface area contributed by atoms with E-state index in [1.54, 1.807) is 12.1 Å². The van der Waals surface area contributed by atoms with E-state index in [9.17, 15) is 9.50 Å². The standard InChI is InChI=1S/C22H22FNO2/c23-20-11-9-19(10-12-20)22(25)15-24-14-18-7-4-8-21(13-18)26-16-17-5-2-1-3-6-17/h1-13,22,24-25H,14-16H2. The summed E-state index contributed by atoms with van der Waals surface area (Å²) in [7, 11) is 0. The van der Waals surface area contributed by atoms with Crippen LogP contribution in [0.3, 0.4) is 0 Å². The van der Waals surface area contributed by atoms with Crippen molar-refractivity contribution >= 4 is 0 Å². The first-order valence-electron chi connectivity index (χ1n) is 8.60. The summed E-state index contributed by atoms with van der Waals surface area (Å²) < 4.78 is 18.8. The minimum absolute atomic E-state index is 0.304. The fraction of sp³-hybridized carbons (Fsp3) is 0.182. The Labute approximate surface area is 153 Å². The minimum atomic E-state index is -0.673. The first-order valence-corrected chi connectivity index (χ1v) is 8.60. The summed E-state index contributed by atoms with van der Waals surface area (Å²) in [5.41, 5.74) is 2.89. The number of ether oxygens (including phenoxy) is 1. The highest BCUT2D eigenvalue weighted by molar-refractivity contribution is 5.29. The molecule has 1 atom stereocenters. The largest absolute Gasteiger partial charge is 0.489 e. The van der Waals surface area contributed by atoms with Crippen molar-refractivity contribution in [3.05, 3.63) is 101 Å². The maximum absolute atomic E-state index is 12.9. The molecule has 0 radical (unpaired) electrons. The lowest BCUT2D eigenvalue weighted by Crippen LogP contribution is -2.21. The topological polar surface area (TPSA) is 41.5 Å². The second kappa shape index (κ2) is 9.13. The van der Waals surface area contributed by atoms with Crippen LogP contribution in [0.5, 0.6) is 5.75 Å². The molecule has 3 nitrogen and oxygen atoms in total. The molecule has 0 bridgehead atoms. The van der Waals surface area contributed by atoms with Gasteiger partial charge in [0.05, 0.1) is 6.10 Å². The Morgan fingerprint density at radius 1 is 0.885 bits per heavy atom. The molecule has 3 aromatic rings. The third kappa shape index (κ3) is 5.41. The van der Waals surface area contributed by atoms with Crippen molar-refractivity contribution < 1.29 is 14.2 Å². The van der Waals surface area contributed by atoms with Gasteiger partial charge in [-0.2, -0.15) is 0 Å². The molecule has 134 valence electrons. The van der Waals surface area contributed by atoms with Crippen LogP contribution in [0.15, 0.2) is 78.9 Å². The zero-order valence-corrected chi connectivity index (χ0v) is 14.4. The zero-order chi connectivity index (χ0) is 18.2. The third-order valence-corrected chi connectivity index (χ3v) is 4.07. The van der Waals surface area contributed by atoms with Crippen LogP contribution in [-0.4, -0.2) is 11.7 Å². The lowest BCUT2D eigenvalue weighted by atomic mass is 10.1. The van der Waals surface area contributed by atoms with E-state index in [1.165, 1.54) is 12.1 Å². The molecule has 4 heteroatoms. The fourth-order valence-corrected chi connectivity index (χ4v) is 2.64. The molecule has 1 unspecified atom stereocenters. The highest BCUT2D eigenvalue weighted by atomic mass is 19.1. The van der Waals surface area contributed by atoms with Gasteiger partial charge in [0.15, 0.2) is 0 Å². The second-order valence-electron chi connectivity index (χ2n) is 6.12. The molecular weight excluding hydrogens is 329 g/mol. The van der Waals surface area contributed by atoms with E-state index in [0.29, 0.717) is 25.3 Å². The van der Waals surface area contributed by atoms with Crippen molar-refractivity contribution in [1.82, 2.24) is 5.32 Å². The molecule has 3 aromatic carbocycles. The van der Waals surface area contributed by atoms with Gasteiger partial charge < -0.3 is 15.2 Å². The van der Waals surface area contributed by atoms with Gasteiger partial charge in [0.2, 0.25) is 0 Å². The average Bonchev–Trinajstić information content (AvgIpc) is 2.68. The second-order valence-corrected chi connectivity index (χ2v) is 6.12. The number of hydrogen-bond donors (Lipinski definition) is 2. The van der Waals surface area contributed by atoms with Crippen LogP contribution < -0.4 is 10.1 Å². The molecule has 0 aliphatic heterocycles. The van der Waals surface area contributed by atoms with Crippen LogP contribution in [0.4, 0.5) is 4.39 Å². The maximum atomic E-state index is 12.9. The SMILES string of the molecule is OC(CNCc1cccc(OCc2ccccc2)c1)c1ccc(F)cc1. The summed E-state index contributed by atoms with van der Waals surface area (Å²) >= 11 is 0. The molecule has 0 saturated carbocycles. The third-order valence-electron chi connectivity index (χ3n) is 4.07. The van der Waals surface area contributed by atoms with Gasteiger partial charge in [-0.3, -0.25) is 0 Å². The molecule has 3 rings (SSSR count). The summed E-state index contributed by atoms with van der Waals surface area (Å²) in [5, 5.41) is 13.4. The normalized spacial score (nSPS) is 11.9. The van der Waals surface area contributed by atoms with Crippen LogP contribution in [0.2, 0.25) is 0 Å². The van der Waals surface area contributed by atoms with Gasteiger partial charge in [-0.25, -0.2) is 4.39 Å². The van der Waals surface area contributed by atoms with Crippen LogP contribution in [0.1, 0.15) is 22.8 Å². The van der Waals surface area contributed by atoms with Gasteiger partial charge in [0.1, 0.15) is 18.2 Å². The van der Waals surface area contributed by atoms with Crippen LogP contribution >= 0.6 is 0 Å². The maximum Gasteiger partial charge on any atom is 0.123 e. The highest BCUT2D eigenvalue weighted by Crippen LogP contribution is 2.16. The Balaban J connectivity index is 1.48. The molecular formula is C22H22FNO2. The Morgan fingerprint density at radius 3 is 2.38 bits per heavy atom. The number of aliphatic hydroxyl groups is 1. The van der Waals surface area contributed by atoms with Crippen molar-refractivity contribution in [2.24, 2.45) is 0 Å². The van der Waals surface area contributed by atoms with Gasteiger partial charge >= 0.3 is 0 Å². The van der Waals surface area contributed by atoms with Crippen molar-refractivity contribution in [2.45, 2.75) is 19.3 Å². The molecule has 0 amide bonds. The van der Waals surface area contributed by atoms with Crippen molar-refractivity contribution in [1.29, 1.82) is 0 Å². The number of rotatable bonds is 8. The van der Waals surface area contributed by atoms with Gasteiger partial charge in [-0.05, 0) is 41.0 Å². The van der Waals surface area contributed by atoms with E-state index in [0.717, 1.165) is 16.9 Å². The molecule has 0 saturated heterocycles. The molecule has 0 aliphatic rings. The van der Waals surface area contributed by atoms with Crippen LogP contribution in [0, 0.1) is 5.82 Å². The molecule has 0 spiro atoms. The number of nitrogens with one attached hydrogen (secondary N) is 1. The number of halogens is 1. The lowest BCUT2D eigenvalue weighted by Gasteiger charge is -2.13. The summed E-state index contributed by atoms with van der Waals surface area (Å²) in [6, 6.07) is 23.8. The first kappa shape index (κ1) is 18.1. The minimum Gasteiger partial charge on any atom is -0.489 e. The van der Waals surface area contributed by atoms with Crippen LogP contribution in [0.25, 0.3) is 0 Å². The fourth-order valence-electron chi connectivity index (χ4n) is 2.64. The van der Waals surface area contributed by atoms with Crippen LogP contribution in [-0.2, 0) is 13.2 Å². The molecule has 2 N–H and O–H groups in total. The lowest BCUT2D eigenvalue weighted by molar-refractivity contribution is 0.174. The van der Waals surface area contributed by atoms with Gasteiger partial charge in [-0.15, -0.1) is 0 Å². The van der Waals surface area contributed by atoms with Gasteiger partial charge in [0, 0.05) is 13.1 Å². The van der Waals surface area contributed by atoms with Crippen molar-refractivity contribution in [3.63, 3.8) is 0 Å². The molecule has 0 aromatic heterocycles. The molecule has 0 fully saturated rings. The molecule has 0 heterocycles. The first-order chi connectivity index (χ1) is 12.7. The summed E-state index contributed by atoms with van der Waals surface area (Å²) in [5.74, 6) is 0.508. The number of aliphatic hydroxyl groups excluding tert-OH is 1. The Kier molecular flexibility index (Phi) is 6.36. The molecule has 0 aliphatic carbocycles. The van der Waals surface area contributed by atoms with Crippen molar-refractivity contribution in [3.8, 4) is 5.75 Å². The monoisotopic (exact) mass is 351 g/mol. The van der Waals surface area contributed by atoms with E-state index in [2.05, 4.69) is 5.32 Å². The predicted molar refractivity (Wildman–Crippen MR) is 100 cm³/mol. The average molecular weight is 351 g/mol. The van der Waals surface area contributed by atoms with E-state index in [-0.39, 0.29) is 5.82 Å². The van der Waals surface area contributed by atoms with E-state index >= 15 is 0 Å². The molecule has 26 heavy (non-hydrogen) atoms. The summed E-state index contributed by atoms with van der Waals surface area (Å²) in [4.78, 5) is 0. The number of hydrogen-bond acceptors (Lipinski definition) is 3. The highest BCUT2D eigenvalue weighted by Gasteiger charge is 2.07. The summed E-state index contributed by atoms with van der Waals surface area (Å²) in [6.45, 7) is 1.53. The Bertz CT molecular complexity index is 806. The van der Waals surface area contributed by atoms with E-state index in [1.807, 2.05) is 54.6 Å². The predicted octanol–water partition coefficient (Wildman–Crippen LogP) is 4.23. The van der Waals surface area contributed by atoms with Crippen molar-refractivity contribution in [2.75, 3.05) is 6.54 Å². The quantitative estimate of drug-likeness (QED) is 0.638. The van der Waals surface area contributed by atoms with Gasteiger partial charge in [0.25, 0.3) is 0 Å². The Morgan fingerprint density at radius 2 is 1.62 bits per heavy atom. The Hall–Kier alpha value is -2.69. The summed E-state index contributed by atoms with van der Waals surface area (Å²) in [6.07, 6.45) is -0.673. The zero-order valence-electron chi connectivity index (χ0n) is 14.4. The van der Waals surface area contributed by atoms with E-state index < -0.39 is 6.10 Å². The smallest absolute Gasteiger partial charge is 0.123 e. The van der Waals surface area contributed by atoms with Gasteiger partial charge in [-0.1, -0.05) is 54.6 Å². The number of benzene rings is 3.